The number of benzene rings is 2. The minimum absolute atomic E-state index is 0.297. The highest BCUT2D eigenvalue weighted by molar-refractivity contribution is 9.10. The Kier molecular flexibility index (Phi) is 4.82. The predicted molar refractivity (Wildman–Crippen MR) is 92.2 cm³/mol. The number of sulfonamides is 1. The highest BCUT2D eigenvalue weighted by Gasteiger charge is 2.22. The largest absolute Gasteiger partial charge is 0.496 e. The monoisotopic (exact) mass is 383 g/mol. The Bertz CT molecular complexity index is 816. The second kappa shape index (κ2) is 6.30. The van der Waals surface area contributed by atoms with Crippen LogP contribution in [-0.4, -0.2) is 15.5 Å². The molecule has 0 saturated carbocycles. The maximum atomic E-state index is 12.7. The third-order valence-electron chi connectivity index (χ3n) is 3.54. The number of hydrogen-bond acceptors (Lipinski definition) is 3. The van der Waals surface area contributed by atoms with Crippen molar-refractivity contribution in [2.24, 2.45) is 0 Å². The van der Waals surface area contributed by atoms with Crippen LogP contribution in [0, 0.1) is 20.8 Å². The Hall–Kier alpha value is -1.53. The SMILES string of the molecule is COc1cc(C)c(S(=O)(=O)Nc2cccc(Br)c2)c(C)c1C. The molecular formula is C16H18BrNO3S. The second-order valence-corrected chi connectivity index (χ2v) is 7.63. The molecule has 2 aromatic carbocycles. The predicted octanol–water partition coefficient (Wildman–Crippen LogP) is 4.18. The van der Waals surface area contributed by atoms with Gasteiger partial charge in [-0.2, -0.15) is 0 Å². The van der Waals surface area contributed by atoms with E-state index in [1.165, 1.54) is 0 Å². The first kappa shape index (κ1) is 16.8. The van der Waals surface area contributed by atoms with Crippen molar-refractivity contribution in [2.75, 3.05) is 11.8 Å². The molecule has 118 valence electrons. The van der Waals surface area contributed by atoms with Gasteiger partial charge >= 0.3 is 0 Å². The zero-order valence-corrected chi connectivity index (χ0v) is 15.3. The molecule has 0 atom stereocenters. The van der Waals surface area contributed by atoms with Gasteiger partial charge < -0.3 is 4.74 Å². The van der Waals surface area contributed by atoms with Gasteiger partial charge in [0.1, 0.15) is 5.75 Å². The fourth-order valence-electron chi connectivity index (χ4n) is 2.40. The topological polar surface area (TPSA) is 55.4 Å². The zero-order chi connectivity index (χ0) is 16.5. The Morgan fingerprint density at radius 2 is 1.77 bits per heavy atom. The van der Waals surface area contributed by atoms with Crippen molar-refractivity contribution in [1.29, 1.82) is 0 Å². The van der Waals surface area contributed by atoms with Crippen LogP contribution >= 0.6 is 15.9 Å². The summed E-state index contributed by atoms with van der Waals surface area (Å²) < 4.78 is 34.2. The summed E-state index contributed by atoms with van der Waals surface area (Å²) in [4.78, 5) is 0.297. The van der Waals surface area contributed by atoms with Crippen molar-refractivity contribution in [3.05, 3.63) is 51.5 Å². The molecule has 0 bridgehead atoms. The number of rotatable bonds is 4. The number of ether oxygens (including phenoxy) is 1. The number of aryl methyl sites for hydroxylation is 1. The van der Waals surface area contributed by atoms with Gasteiger partial charge in [-0.1, -0.05) is 22.0 Å². The molecule has 2 aromatic rings. The van der Waals surface area contributed by atoms with E-state index in [1.807, 2.05) is 13.0 Å². The van der Waals surface area contributed by atoms with Gasteiger partial charge in [0.25, 0.3) is 10.0 Å². The summed E-state index contributed by atoms with van der Waals surface area (Å²) in [5.74, 6) is 0.691. The van der Waals surface area contributed by atoms with E-state index in [0.29, 0.717) is 27.5 Å². The van der Waals surface area contributed by atoms with E-state index in [4.69, 9.17) is 4.74 Å². The van der Waals surface area contributed by atoms with Crippen LogP contribution in [0.15, 0.2) is 39.7 Å². The standard InChI is InChI=1S/C16H18BrNO3S/c1-10-8-15(21-4)11(2)12(3)16(10)22(19,20)18-14-7-5-6-13(17)9-14/h5-9,18H,1-4H3. The number of hydrogen-bond donors (Lipinski definition) is 1. The molecule has 22 heavy (non-hydrogen) atoms. The average Bonchev–Trinajstić information content (AvgIpc) is 2.42. The van der Waals surface area contributed by atoms with Crippen LogP contribution in [0.5, 0.6) is 5.75 Å². The highest BCUT2D eigenvalue weighted by Crippen LogP contribution is 2.31. The summed E-state index contributed by atoms with van der Waals surface area (Å²) in [6.07, 6.45) is 0. The van der Waals surface area contributed by atoms with Crippen molar-refractivity contribution in [2.45, 2.75) is 25.7 Å². The molecule has 0 saturated heterocycles. The Morgan fingerprint density at radius 3 is 2.36 bits per heavy atom. The van der Waals surface area contributed by atoms with E-state index in [-0.39, 0.29) is 0 Å². The maximum absolute atomic E-state index is 12.7. The van der Waals surface area contributed by atoms with Crippen LogP contribution in [-0.2, 0) is 10.0 Å². The van der Waals surface area contributed by atoms with Gasteiger partial charge in [-0.15, -0.1) is 0 Å². The summed E-state index contributed by atoms with van der Waals surface area (Å²) in [5.41, 5.74) is 2.69. The third-order valence-corrected chi connectivity index (χ3v) is 5.71. The summed E-state index contributed by atoms with van der Waals surface area (Å²) >= 11 is 3.33. The molecule has 0 spiro atoms. The zero-order valence-electron chi connectivity index (χ0n) is 12.9. The van der Waals surface area contributed by atoms with E-state index >= 15 is 0 Å². The van der Waals surface area contributed by atoms with Gasteiger partial charge in [0.05, 0.1) is 12.0 Å². The number of nitrogens with one attached hydrogen (secondary N) is 1. The molecule has 0 heterocycles. The van der Waals surface area contributed by atoms with Crippen molar-refractivity contribution < 1.29 is 13.2 Å². The fourth-order valence-corrected chi connectivity index (χ4v) is 4.38. The minimum Gasteiger partial charge on any atom is -0.496 e. The molecule has 0 unspecified atom stereocenters. The van der Waals surface area contributed by atoms with Crippen molar-refractivity contribution in [3.8, 4) is 5.75 Å². The molecule has 2 rings (SSSR count). The molecule has 1 N–H and O–H groups in total. The molecule has 4 nitrogen and oxygen atoms in total. The van der Waals surface area contributed by atoms with Gasteiger partial charge in [0, 0.05) is 10.2 Å². The number of halogens is 1. The lowest BCUT2D eigenvalue weighted by molar-refractivity contribution is 0.410. The van der Waals surface area contributed by atoms with Gasteiger partial charge in [-0.05, 0) is 61.7 Å². The van der Waals surface area contributed by atoms with E-state index in [9.17, 15) is 8.42 Å². The molecule has 0 amide bonds. The number of anilines is 1. The molecule has 0 aromatic heterocycles. The van der Waals surface area contributed by atoms with E-state index in [1.54, 1.807) is 45.2 Å². The quantitative estimate of drug-likeness (QED) is 0.860. The van der Waals surface area contributed by atoms with Crippen LogP contribution in [0.1, 0.15) is 16.7 Å². The maximum Gasteiger partial charge on any atom is 0.262 e. The first-order chi connectivity index (χ1) is 10.3. The Labute approximate surface area is 139 Å². The third kappa shape index (κ3) is 3.28. The summed E-state index contributed by atoms with van der Waals surface area (Å²) in [6.45, 7) is 5.41. The lowest BCUT2D eigenvalue weighted by atomic mass is 10.1. The smallest absolute Gasteiger partial charge is 0.262 e. The van der Waals surface area contributed by atoms with Crippen LogP contribution in [0.4, 0.5) is 5.69 Å². The Balaban J connectivity index is 2.53. The van der Waals surface area contributed by atoms with Gasteiger partial charge in [0.2, 0.25) is 0 Å². The van der Waals surface area contributed by atoms with Crippen LogP contribution in [0.25, 0.3) is 0 Å². The molecule has 0 radical (unpaired) electrons. The molecular weight excluding hydrogens is 366 g/mol. The molecule has 0 fully saturated rings. The van der Waals surface area contributed by atoms with E-state index in [2.05, 4.69) is 20.7 Å². The lowest BCUT2D eigenvalue weighted by Crippen LogP contribution is -2.16. The van der Waals surface area contributed by atoms with Crippen molar-refractivity contribution in [3.63, 3.8) is 0 Å². The van der Waals surface area contributed by atoms with Crippen LogP contribution < -0.4 is 9.46 Å². The van der Waals surface area contributed by atoms with Gasteiger partial charge in [-0.25, -0.2) is 8.42 Å². The molecule has 0 aliphatic rings. The minimum atomic E-state index is -3.67. The number of methoxy groups -OCH3 is 1. The van der Waals surface area contributed by atoms with Crippen LogP contribution in [0.2, 0.25) is 0 Å². The normalized spacial score (nSPS) is 11.3. The van der Waals surface area contributed by atoms with E-state index < -0.39 is 10.0 Å². The van der Waals surface area contributed by atoms with Crippen molar-refractivity contribution >= 4 is 31.6 Å². The van der Waals surface area contributed by atoms with E-state index in [0.717, 1.165) is 10.0 Å². The Morgan fingerprint density at radius 1 is 1.09 bits per heavy atom. The fraction of sp³-hybridized carbons (Fsp3) is 0.250. The lowest BCUT2D eigenvalue weighted by Gasteiger charge is -2.17. The summed E-state index contributed by atoms with van der Waals surface area (Å²) in [7, 11) is -2.09. The first-order valence-electron chi connectivity index (χ1n) is 6.69. The van der Waals surface area contributed by atoms with Gasteiger partial charge in [0.15, 0.2) is 0 Å². The molecule has 0 aliphatic heterocycles. The average molecular weight is 384 g/mol. The molecule has 0 aliphatic carbocycles. The second-order valence-electron chi connectivity index (χ2n) is 5.09. The highest BCUT2D eigenvalue weighted by atomic mass is 79.9. The molecule has 6 heteroatoms. The van der Waals surface area contributed by atoms with Crippen molar-refractivity contribution in [1.82, 2.24) is 0 Å². The summed E-state index contributed by atoms with van der Waals surface area (Å²) in [6, 6.07) is 8.80. The first-order valence-corrected chi connectivity index (χ1v) is 8.97. The van der Waals surface area contributed by atoms with Crippen LogP contribution in [0.3, 0.4) is 0 Å². The summed E-state index contributed by atoms with van der Waals surface area (Å²) in [5, 5.41) is 0. The van der Waals surface area contributed by atoms with Gasteiger partial charge in [-0.3, -0.25) is 4.72 Å².